The molecule has 0 amide bonds. The Bertz CT molecular complexity index is 1160. The molecule has 5 atom stereocenters. The first-order chi connectivity index (χ1) is 16.0. The third-order valence-electron chi connectivity index (χ3n) is 9.53. The summed E-state index contributed by atoms with van der Waals surface area (Å²) < 4.78 is 0. The van der Waals surface area contributed by atoms with Crippen LogP contribution in [0.4, 0.5) is 0 Å². The maximum Gasteiger partial charge on any atom is -0.00554 e. The zero-order chi connectivity index (χ0) is 22.7. The molecule has 0 aromatic heterocycles. The average molecular weight is 435 g/mol. The summed E-state index contributed by atoms with van der Waals surface area (Å²) in [4.78, 5) is 0. The van der Waals surface area contributed by atoms with Gasteiger partial charge in [0, 0.05) is 0 Å². The molecule has 6 aliphatic rings. The van der Waals surface area contributed by atoms with E-state index in [1.165, 1.54) is 41.5 Å². The van der Waals surface area contributed by atoms with Gasteiger partial charge in [0.1, 0.15) is 0 Å². The van der Waals surface area contributed by atoms with E-state index in [0.29, 0.717) is 35.5 Å². The maximum atomic E-state index is 2.67. The molecule has 0 spiro atoms. The van der Waals surface area contributed by atoms with Crippen LogP contribution in [0.15, 0.2) is 83.0 Å². The van der Waals surface area contributed by atoms with Crippen molar-refractivity contribution >= 4 is 5.57 Å². The molecule has 1 aromatic carbocycles. The molecule has 0 aliphatic heterocycles. The fourth-order valence-corrected chi connectivity index (χ4v) is 7.13. The zero-order valence-corrected chi connectivity index (χ0v) is 20.8. The van der Waals surface area contributed by atoms with Crippen molar-refractivity contribution in [1.82, 2.24) is 0 Å². The smallest absolute Gasteiger partial charge is 0.00554 e. The maximum absolute atomic E-state index is 2.67. The van der Waals surface area contributed by atoms with Gasteiger partial charge in [-0.15, -0.1) is 0 Å². The van der Waals surface area contributed by atoms with Crippen LogP contribution < -0.4 is 0 Å². The number of benzene rings is 1. The average Bonchev–Trinajstić information content (AvgIpc) is 3.53. The lowest BCUT2D eigenvalue weighted by Gasteiger charge is -2.49. The highest BCUT2D eigenvalue weighted by molar-refractivity contribution is 5.73. The lowest BCUT2D eigenvalue weighted by Crippen LogP contribution is -2.37. The van der Waals surface area contributed by atoms with Crippen molar-refractivity contribution in [2.75, 3.05) is 0 Å². The summed E-state index contributed by atoms with van der Waals surface area (Å²) in [7, 11) is 0. The molecule has 1 fully saturated rings. The van der Waals surface area contributed by atoms with Crippen LogP contribution in [-0.4, -0.2) is 0 Å². The molecule has 5 unspecified atom stereocenters. The minimum Gasteiger partial charge on any atom is -0.0796 e. The second-order valence-electron chi connectivity index (χ2n) is 11.5. The Morgan fingerprint density at radius 1 is 0.848 bits per heavy atom. The molecule has 0 heteroatoms. The Hall–Kier alpha value is -2.34. The highest BCUT2D eigenvalue weighted by Gasteiger charge is 2.46. The lowest BCUT2D eigenvalue weighted by molar-refractivity contribution is 0.223. The van der Waals surface area contributed by atoms with Gasteiger partial charge >= 0.3 is 0 Å². The molecule has 6 aliphatic carbocycles. The monoisotopic (exact) mass is 434 g/mol. The summed E-state index contributed by atoms with van der Waals surface area (Å²) in [6.45, 7) is 9.36. The van der Waals surface area contributed by atoms with Gasteiger partial charge in [-0.1, -0.05) is 99.6 Å². The van der Waals surface area contributed by atoms with Gasteiger partial charge in [0.15, 0.2) is 0 Å². The van der Waals surface area contributed by atoms with Gasteiger partial charge in [-0.05, 0) is 101 Å². The van der Waals surface area contributed by atoms with E-state index >= 15 is 0 Å². The molecule has 7 rings (SSSR count). The van der Waals surface area contributed by atoms with Crippen molar-refractivity contribution < 1.29 is 0 Å². The number of rotatable bonds is 5. The Morgan fingerprint density at radius 2 is 1.64 bits per heavy atom. The van der Waals surface area contributed by atoms with Crippen LogP contribution in [0.1, 0.15) is 88.3 Å². The fraction of sp³-hybridized carbons (Fsp3) is 0.455. The second-order valence-corrected chi connectivity index (χ2v) is 11.5. The molecule has 2 bridgehead atoms. The molecule has 0 heterocycles. The normalized spacial score (nSPS) is 30.4. The summed E-state index contributed by atoms with van der Waals surface area (Å²) >= 11 is 0. The van der Waals surface area contributed by atoms with Gasteiger partial charge in [0.05, 0.1) is 0 Å². The van der Waals surface area contributed by atoms with Gasteiger partial charge in [-0.2, -0.15) is 0 Å². The zero-order valence-electron chi connectivity index (χ0n) is 20.8. The SMILES string of the molecule is CCC1=CC=C(c2ccc3c(c2)C2CCC3C3C=CC(C4=CC=C(C(C)C(C)C)C4)=CC23)C1. The van der Waals surface area contributed by atoms with Crippen LogP contribution in [0.5, 0.6) is 0 Å². The number of allylic oxidation sites excluding steroid dienone is 12. The molecule has 0 radical (unpaired) electrons. The third-order valence-corrected chi connectivity index (χ3v) is 9.53. The van der Waals surface area contributed by atoms with Gasteiger partial charge in [0.2, 0.25) is 0 Å². The van der Waals surface area contributed by atoms with Crippen LogP contribution in [0.2, 0.25) is 0 Å². The first-order valence-corrected chi connectivity index (χ1v) is 13.4. The van der Waals surface area contributed by atoms with E-state index in [1.807, 2.05) is 0 Å². The molecule has 1 saturated carbocycles. The van der Waals surface area contributed by atoms with Crippen molar-refractivity contribution in [3.8, 4) is 0 Å². The quantitative estimate of drug-likeness (QED) is 0.433. The summed E-state index contributed by atoms with van der Waals surface area (Å²) in [6.07, 6.45) is 23.4. The predicted octanol–water partition coefficient (Wildman–Crippen LogP) is 9.06. The molecule has 0 saturated heterocycles. The van der Waals surface area contributed by atoms with Crippen molar-refractivity contribution in [1.29, 1.82) is 0 Å². The van der Waals surface area contributed by atoms with Gasteiger partial charge in [-0.3, -0.25) is 0 Å². The summed E-state index contributed by atoms with van der Waals surface area (Å²) in [6, 6.07) is 7.47. The van der Waals surface area contributed by atoms with Crippen LogP contribution in [-0.2, 0) is 0 Å². The van der Waals surface area contributed by atoms with E-state index in [2.05, 4.69) is 88.4 Å². The van der Waals surface area contributed by atoms with Crippen LogP contribution in [0, 0.1) is 23.7 Å². The van der Waals surface area contributed by atoms with Crippen molar-refractivity contribution in [3.05, 3.63) is 99.7 Å². The topological polar surface area (TPSA) is 0 Å². The first kappa shape index (κ1) is 21.2. The molecule has 0 nitrogen and oxygen atoms in total. The molecule has 0 N–H and O–H groups in total. The fourth-order valence-electron chi connectivity index (χ4n) is 7.13. The number of hydrogen-bond acceptors (Lipinski definition) is 0. The molecule has 170 valence electrons. The second kappa shape index (κ2) is 8.15. The van der Waals surface area contributed by atoms with Crippen molar-refractivity contribution in [3.63, 3.8) is 0 Å². The van der Waals surface area contributed by atoms with E-state index in [1.54, 1.807) is 22.3 Å². The lowest BCUT2D eigenvalue weighted by atomic mass is 9.54. The van der Waals surface area contributed by atoms with Gasteiger partial charge in [-0.25, -0.2) is 0 Å². The van der Waals surface area contributed by atoms with E-state index in [4.69, 9.17) is 0 Å². The Labute approximate surface area is 200 Å². The van der Waals surface area contributed by atoms with E-state index in [-0.39, 0.29) is 0 Å². The summed E-state index contributed by atoms with van der Waals surface area (Å²) in [5, 5.41) is 0. The third kappa shape index (κ3) is 3.49. The number of hydrogen-bond donors (Lipinski definition) is 0. The first-order valence-electron chi connectivity index (χ1n) is 13.4. The standard InChI is InChI=1S/C33H38/c1-5-22-6-7-24(16-22)26-10-12-29-28-14-15-31(32(29)18-26)33-19-27(11-13-30(28)33)25-9-8-23(17-25)21(4)20(2)3/h6-13,18-21,28,30-31,33H,5,14-17H2,1-4H3. The minimum absolute atomic E-state index is 0.667. The summed E-state index contributed by atoms with van der Waals surface area (Å²) in [5.74, 6) is 4.12. The molecule has 1 aromatic rings. The molecule has 33 heavy (non-hydrogen) atoms. The van der Waals surface area contributed by atoms with E-state index in [9.17, 15) is 0 Å². The largest absolute Gasteiger partial charge is 0.0796 e. The highest BCUT2D eigenvalue weighted by atomic mass is 14.5. The molecular formula is C33H38. The summed E-state index contributed by atoms with van der Waals surface area (Å²) in [5.41, 5.74) is 12.5. The van der Waals surface area contributed by atoms with E-state index in [0.717, 1.165) is 12.8 Å². The number of fused-ring (bicyclic) bond motifs is 1. The van der Waals surface area contributed by atoms with E-state index < -0.39 is 0 Å². The Balaban J connectivity index is 1.27. The van der Waals surface area contributed by atoms with Gasteiger partial charge < -0.3 is 0 Å². The van der Waals surface area contributed by atoms with Crippen molar-refractivity contribution in [2.45, 2.75) is 71.6 Å². The Morgan fingerprint density at radius 3 is 2.39 bits per heavy atom. The van der Waals surface area contributed by atoms with Crippen molar-refractivity contribution in [2.24, 2.45) is 23.7 Å². The predicted molar refractivity (Wildman–Crippen MR) is 141 cm³/mol. The van der Waals surface area contributed by atoms with Gasteiger partial charge in [0.25, 0.3) is 0 Å². The minimum atomic E-state index is 0.667. The van der Waals surface area contributed by atoms with Crippen LogP contribution in [0.25, 0.3) is 5.57 Å². The Kier molecular flexibility index (Phi) is 5.24. The van der Waals surface area contributed by atoms with Crippen LogP contribution >= 0.6 is 0 Å². The van der Waals surface area contributed by atoms with Crippen LogP contribution in [0.3, 0.4) is 0 Å². The highest BCUT2D eigenvalue weighted by Crippen LogP contribution is 2.58. The molecular weight excluding hydrogens is 396 g/mol.